The van der Waals surface area contributed by atoms with Gasteiger partial charge in [0.15, 0.2) is 11.6 Å². The third-order valence-corrected chi connectivity index (χ3v) is 4.22. The number of carbonyl (C=O) groups excluding carboxylic acids is 1. The van der Waals surface area contributed by atoms with Crippen molar-refractivity contribution < 1.29 is 22.7 Å². The van der Waals surface area contributed by atoms with Gasteiger partial charge >= 0.3 is 0 Å². The normalized spacial score (nSPS) is 22.9. The number of ether oxygens (including phenoxy) is 1. The molecule has 0 radical (unpaired) electrons. The monoisotopic (exact) mass is 364 g/mol. The van der Waals surface area contributed by atoms with Gasteiger partial charge in [0.05, 0.1) is 18.7 Å². The Morgan fingerprint density at radius 1 is 1.29 bits per heavy atom. The van der Waals surface area contributed by atoms with E-state index in [-0.39, 0.29) is 29.9 Å². The second kappa shape index (κ2) is 7.61. The Hall–Kier alpha value is -1.47. The Morgan fingerprint density at radius 2 is 2.00 bits per heavy atom. The summed E-state index contributed by atoms with van der Waals surface area (Å²) in [6.07, 6.45) is 3.48. The summed E-state index contributed by atoms with van der Waals surface area (Å²) in [6.45, 7) is -0.520. The first kappa shape index (κ1) is 18.9. The van der Waals surface area contributed by atoms with E-state index in [1.807, 2.05) is 0 Å². The smallest absolute Gasteiger partial charge is 0.262 e. The molecule has 2 fully saturated rings. The fraction of sp³-hybridized carbons (Fsp3) is 0.562. The molecule has 24 heavy (non-hydrogen) atoms. The van der Waals surface area contributed by atoms with Gasteiger partial charge in [0.25, 0.3) is 5.92 Å². The standard InChI is InChI=1S/C16H19F3N2O2.ClH/c17-12-7-10(5-6-14(12)23-11-3-1-2-4-11)21-15(22)13-8-16(18,19)9-20-13;/h5-7,11,13,20H,1-4,8-9H2,(H,21,22);1H. The molecule has 1 aromatic rings. The molecule has 0 spiro atoms. The molecule has 1 unspecified atom stereocenters. The molecule has 2 N–H and O–H groups in total. The lowest BCUT2D eigenvalue weighted by Gasteiger charge is -2.15. The summed E-state index contributed by atoms with van der Waals surface area (Å²) in [6, 6.07) is 3.15. The van der Waals surface area contributed by atoms with Crippen LogP contribution in [0.1, 0.15) is 32.1 Å². The number of nitrogens with one attached hydrogen (secondary N) is 2. The minimum absolute atomic E-state index is 0. The van der Waals surface area contributed by atoms with E-state index in [0.29, 0.717) is 0 Å². The molecule has 1 atom stereocenters. The molecule has 1 aliphatic carbocycles. The third kappa shape index (κ3) is 4.54. The molecule has 8 heteroatoms. The van der Waals surface area contributed by atoms with Crippen molar-refractivity contribution in [1.82, 2.24) is 5.32 Å². The number of carbonyl (C=O) groups is 1. The second-order valence-corrected chi connectivity index (χ2v) is 6.15. The van der Waals surface area contributed by atoms with Crippen molar-refractivity contribution in [3.8, 4) is 5.75 Å². The van der Waals surface area contributed by atoms with Gasteiger partial charge in [0.1, 0.15) is 0 Å². The van der Waals surface area contributed by atoms with Crippen LogP contribution in [0.3, 0.4) is 0 Å². The zero-order valence-corrected chi connectivity index (χ0v) is 13.8. The Balaban J connectivity index is 0.00000208. The van der Waals surface area contributed by atoms with Crippen LogP contribution in [0.15, 0.2) is 18.2 Å². The highest BCUT2D eigenvalue weighted by molar-refractivity contribution is 5.95. The molecule has 1 heterocycles. The van der Waals surface area contributed by atoms with Crippen molar-refractivity contribution in [2.75, 3.05) is 11.9 Å². The van der Waals surface area contributed by atoms with Crippen LogP contribution < -0.4 is 15.4 Å². The number of hydrogen-bond acceptors (Lipinski definition) is 3. The highest BCUT2D eigenvalue weighted by Crippen LogP contribution is 2.29. The summed E-state index contributed by atoms with van der Waals surface area (Å²) in [5.41, 5.74) is 0.225. The summed E-state index contributed by atoms with van der Waals surface area (Å²) in [5, 5.41) is 4.91. The predicted octanol–water partition coefficient (Wildman–Crippen LogP) is 3.50. The molecule has 2 aliphatic rings. The number of amides is 1. The molecule has 1 aliphatic heterocycles. The van der Waals surface area contributed by atoms with E-state index in [9.17, 15) is 18.0 Å². The van der Waals surface area contributed by atoms with Crippen LogP contribution in [0.5, 0.6) is 5.75 Å². The van der Waals surface area contributed by atoms with Crippen LogP contribution in [0, 0.1) is 5.82 Å². The van der Waals surface area contributed by atoms with Gasteiger partial charge in [0, 0.05) is 18.2 Å². The molecule has 134 valence electrons. The number of halogens is 4. The molecular weight excluding hydrogens is 345 g/mol. The van der Waals surface area contributed by atoms with Crippen LogP contribution in [-0.4, -0.2) is 30.5 Å². The first-order chi connectivity index (χ1) is 10.9. The quantitative estimate of drug-likeness (QED) is 0.859. The molecule has 0 bridgehead atoms. The fourth-order valence-corrected chi connectivity index (χ4v) is 2.99. The summed E-state index contributed by atoms with van der Waals surface area (Å²) in [5.74, 6) is -3.89. The van der Waals surface area contributed by atoms with E-state index >= 15 is 0 Å². The zero-order chi connectivity index (χ0) is 16.4. The molecule has 1 saturated heterocycles. The van der Waals surface area contributed by atoms with Crippen molar-refractivity contribution in [2.24, 2.45) is 0 Å². The van der Waals surface area contributed by atoms with Gasteiger partial charge in [-0.2, -0.15) is 0 Å². The lowest BCUT2D eigenvalue weighted by Crippen LogP contribution is -2.35. The van der Waals surface area contributed by atoms with Gasteiger partial charge < -0.3 is 10.1 Å². The van der Waals surface area contributed by atoms with Gasteiger partial charge in [-0.05, 0) is 37.8 Å². The van der Waals surface area contributed by atoms with Crippen LogP contribution in [-0.2, 0) is 4.79 Å². The Bertz CT molecular complexity index is 595. The van der Waals surface area contributed by atoms with Gasteiger partial charge in [0.2, 0.25) is 5.91 Å². The number of rotatable bonds is 4. The zero-order valence-electron chi connectivity index (χ0n) is 13.0. The predicted molar refractivity (Wildman–Crippen MR) is 86.5 cm³/mol. The van der Waals surface area contributed by atoms with Crippen molar-refractivity contribution in [2.45, 2.75) is 50.2 Å². The van der Waals surface area contributed by atoms with Crippen molar-refractivity contribution >= 4 is 24.0 Å². The van der Waals surface area contributed by atoms with Crippen LogP contribution in [0.4, 0.5) is 18.9 Å². The molecule has 1 aromatic carbocycles. The first-order valence-corrected chi connectivity index (χ1v) is 7.81. The number of benzene rings is 1. The number of hydrogen-bond donors (Lipinski definition) is 2. The van der Waals surface area contributed by atoms with E-state index in [2.05, 4.69) is 10.6 Å². The maximum absolute atomic E-state index is 14.0. The molecule has 0 aromatic heterocycles. The summed E-state index contributed by atoms with van der Waals surface area (Å²) >= 11 is 0. The maximum atomic E-state index is 14.0. The lowest BCUT2D eigenvalue weighted by atomic mass is 10.2. The van der Waals surface area contributed by atoms with E-state index in [1.165, 1.54) is 12.1 Å². The number of anilines is 1. The average molecular weight is 365 g/mol. The largest absolute Gasteiger partial charge is 0.487 e. The molecule has 3 rings (SSSR count). The van der Waals surface area contributed by atoms with Gasteiger partial charge in [-0.25, -0.2) is 13.2 Å². The highest BCUT2D eigenvalue weighted by Gasteiger charge is 2.42. The van der Waals surface area contributed by atoms with Crippen molar-refractivity contribution in [1.29, 1.82) is 0 Å². The molecule has 1 amide bonds. The summed E-state index contributed by atoms with van der Waals surface area (Å²) in [7, 11) is 0. The van der Waals surface area contributed by atoms with Crippen LogP contribution in [0.2, 0.25) is 0 Å². The minimum Gasteiger partial charge on any atom is -0.487 e. The van der Waals surface area contributed by atoms with Crippen molar-refractivity contribution in [3.05, 3.63) is 24.0 Å². The Morgan fingerprint density at radius 3 is 2.58 bits per heavy atom. The maximum Gasteiger partial charge on any atom is 0.262 e. The van der Waals surface area contributed by atoms with Crippen LogP contribution in [0.25, 0.3) is 0 Å². The SMILES string of the molecule is Cl.O=C(Nc1ccc(OC2CCCC2)c(F)c1)C1CC(F)(F)CN1. The molecule has 4 nitrogen and oxygen atoms in total. The van der Waals surface area contributed by atoms with Gasteiger partial charge in [-0.15, -0.1) is 12.4 Å². The second-order valence-electron chi connectivity index (χ2n) is 6.15. The summed E-state index contributed by atoms with van der Waals surface area (Å²) in [4.78, 5) is 11.9. The van der Waals surface area contributed by atoms with E-state index in [4.69, 9.17) is 4.74 Å². The molecular formula is C16H20ClF3N2O2. The van der Waals surface area contributed by atoms with E-state index in [0.717, 1.165) is 31.7 Å². The van der Waals surface area contributed by atoms with E-state index < -0.39 is 36.7 Å². The fourth-order valence-electron chi connectivity index (χ4n) is 2.99. The van der Waals surface area contributed by atoms with Crippen LogP contribution >= 0.6 is 12.4 Å². The minimum atomic E-state index is -2.88. The Labute approximate surface area is 144 Å². The lowest BCUT2D eigenvalue weighted by molar-refractivity contribution is -0.118. The topological polar surface area (TPSA) is 50.4 Å². The Kier molecular flexibility index (Phi) is 5.98. The third-order valence-electron chi connectivity index (χ3n) is 4.22. The molecule has 1 saturated carbocycles. The number of alkyl halides is 2. The van der Waals surface area contributed by atoms with Gasteiger partial charge in [-0.1, -0.05) is 0 Å². The summed E-state index contributed by atoms with van der Waals surface area (Å²) < 4.78 is 45.8. The first-order valence-electron chi connectivity index (χ1n) is 7.81. The van der Waals surface area contributed by atoms with Gasteiger partial charge in [-0.3, -0.25) is 10.1 Å². The van der Waals surface area contributed by atoms with E-state index in [1.54, 1.807) is 0 Å². The van der Waals surface area contributed by atoms with Crippen molar-refractivity contribution in [3.63, 3.8) is 0 Å². The average Bonchev–Trinajstić information content (AvgIpc) is 3.11. The highest BCUT2D eigenvalue weighted by atomic mass is 35.5.